The van der Waals surface area contributed by atoms with Crippen molar-refractivity contribution in [1.29, 1.82) is 0 Å². The molecule has 0 spiro atoms. The highest BCUT2D eigenvalue weighted by molar-refractivity contribution is 8.00. The van der Waals surface area contributed by atoms with Crippen molar-refractivity contribution in [3.05, 3.63) is 0 Å². The second-order valence-electron chi connectivity index (χ2n) is 3.46. The topological polar surface area (TPSA) is 110 Å². The first-order valence-corrected chi connectivity index (χ1v) is 5.49. The number of hydrogen-bond donors (Lipinski definition) is 5. The molecule has 88 valence electrons. The minimum atomic E-state index is -1.28. The third-order valence-corrected chi connectivity index (χ3v) is 3.62. The fourth-order valence-corrected chi connectivity index (χ4v) is 2.65. The summed E-state index contributed by atoms with van der Waals surface area (Å²) in [7, 11) is 0. The highest BCUT2D eigenvalue weighted by Crippen LogP contribution is 2.30. The zero-order valence-corrected chi connectivity index (χ0v) is 9.02. The molecule has 0 saturated carbocycles. The van der Waals surface area contributed by atoms with E-state index in [0.29, 0.717) is 0 Å². The molecule has 0 aromatic rings. The molecule has 6 nitrogen and oxygen atoms in total. The van der Waals surface area contributed by atoms with Gasteiger partial charge in [0.05, 0.1) is 24.0 Å². The van der Waals surface area contributed by atoms with Crippen LogP contribution >= 0.6 is 11.8 Å². The summed E-state index contributed by atoms with van der Waals surface area (Å²) in [5.74, 6) is -0.395. The van der Waals surface area contributed by atoms with Gasteiger partial charge in [0, 0.05) is 6.92 Å². The molecule has 1 rings (SSSR count). The van der Waals surface area contributed by atoms with Gasteiger partial charge < -0.3 is 25.7 Å². The summed E-state index contributed by atoms with van der Waals surface area (Å²) in [6, 6.07) is -0.912. The van der Waals surface area contributed by atoms with E-state index in [1.165, 1.54) is 6.92 Å². The lowest BCUT2D eigenvalue weighted by molar-refractivity contribution is -0.122. The monoisotopic (exact) mass is 237 g/mol. The maximum absolute atomic E-state index is 10.8. The smallest absolute Gasteiger partial charge is 0.217 e. The standard InChI is InChI=1S/C8H15NO5S/c1-3(11)9-5-7(13)6(12)4(2-10)15-8(5)14/h4-8,10,12-14H,2H2,1H3,(H,9,11)/t4?,5?,6-,7-,8-/m1/s1. The minimum absolute atomic E-state index is 0.341. The summed E-state index contributed by atoms with van der Waals surface area (Å²) < 4.78 is 0. The van der Waals surface area contributed by atoms with Gasteiger partial charge in [-0.25, -0.2) is 0 Å². The van der Waals surface area contributed by atoms with Crippen LogP contribution in [0.15, 0.2) is 0 Å². The Morgan fingerprint density at radius 1 is 1.33 bits per heavy atom. The van der Waals surface area contributed by atoms with Crippen molar-refractivity contribution >= 4 is 17.7 Å². The van der Waals surface area contributed by atoms with E-state index >= 15 is 0 Å². The van der Waals surface area contributed by atoms with Crippen molar-refractivity contribution in [2.24, 2.45) is 0 Å². The van der Waals surface area contributed by atoms with Crippen molar-refractivity contribution in [3.63, 3.8) is 0 Å². The molecule has 1 aliphatic rings. The van der Waals surface area contributed by atoms with Crippen molar-refractivity contribution < 1.29 is 25.2 Å². The van der Waals surface area contributed by atoms with Crippen LogP contribution in [0.2, 0.25) is 0 Å². The van der Waals surface area contributed by atoms with Crippen molar-refractivity contribution in [2.45, 2.75) is 35.9 Å². The van der Waals surface area contributed by atoms with Crippen LogP contribution in [0, 0.1) is 0 Å². The summed E-state index contributed by atoms with van der Waals surface area (Å²) in [5.41, 5.74) is -1.04. The number of aliphatic hydroxyl groups is 4. The average Bonchev–Trinajstić information content (AvgIpc) is 2.18. The first kappa shape index (κ1) is 12.7. The molecule has 1 aliphatic heterocycles. The Labute approximate surface area is 91.3 Å². The van der Waals surface area contributed by atoms with Gasteiger partial charge in [-0.3, -0.25) is 4.79 Å². The highest BCUT2D eigenvalue weighted by atomic mass is 32.2. The molecule has 7 heteroatoms. The number of aliphatic hydroxyl groups excluding tert-OH is 4. The van der Waals surface area contributed by atoms with Gasteiger partial charge in [-0.05, 0) is 0 Å². The van der Waals surface area contributed by atoms with Gasteiger partial charge in [0.15, 0.2) is 0 Å². The molecule has 0 aliphatic carbocycles. The number of nitrogens with one attached hydrogen (secondary N) is 1. The number of thioether (sulfide) groups is 1. The van der Waals surface area contributed by atoms with Crippen molar-refractivity contribution in [3.8, 4) is 0 Å². The first-order valence-electron chi connectivity index (χ1n) is 4.55. The van der Waals surface area contributed by atoms with Gasteiger partial charge in [0.25, 0.3) is 0 Å². The van der Waals surface area contributed by atoms with E-state index in [0.717, 1.165) is 11.8 Å². The summed E-state index contributed by atoms with van der Waals surface area (Å²) in [5, 5.41) is 39.3. The van der Waals surface area contributed by atoms with Crippen LogP contribution in [0.25, 0.3) is 0 Å². The molecule has 0 radical (unpaired) electrons. The quantitative estimate of drug-likeness (QED) is 0.367. The van der Waals surface area contributed by atoms with Gasteiger partial charge in [0.2, 0.25) is 5.91 Å². The molecular formula is C8H15NO5S. The molecule has 15 heavy (non-hydrogen) atoms. The number of carbonyl (C=O) groups excluding carboxylic acids is 1. The molecule has 5 atom stereocenters. The van der Waals surface area contributed by atoms with Gasteiger partial charge >= 0.3 is 0 Å². The van der Waals surface area contributed by atoms with Gasteiger partial charge in [-0.15, -0.1) is 11.8 Å². The van der Waals surface area contributed by atoms with E-state index in [9.17, 15) is 20.1 Å². The first-order chi connectivity index (χ1) is 6.97. The van der Waals surface area contributed by atoms with Gasteiger partial charge in [0.1, 0.15) is 11.5 Å². The summed E-state index contributed by atoms with van der Waals surface area (Å²) in [4.78, 5) is 10.8. The van der Waals surface area contributed by atoms with Crippen LogP contribution in [0.3, 0.4) is 0 Å². The molecule has 1 saturated heterocycles. The lowest BCUT2D eigenvalue weighted by Gasteiger charge is -2.39. The van der Waals surface area contributed by atoms with Crippen LogP contribution in [0.4, 0.5) is 0 Å². The Balaban J connectivity index is 2.70. The fraction of sp³-hybridized carbons (Fsp3) is 0.875. The normalized spacial score (nSPS) is 41.3. The van der Waals surface area contributed by atoms with Crippen LogP contribution in [0.5, 0.6) is 0 Å². The Morgan fingerprint density at radius 2 is 1.93 bits per heavy atom. The van der Waals surface area contributed by atoms with E-state index in [2.05, 4.69) is 5.32 Å². The maximum atomic E-state index is 10.8. The third-order valence-electron chi connectivity index (χ3n) is 2.27. The Hall–Kier alpha value is -0.340. The largest absolute Gasteiger partial charge is 0.395 e. The van der Waals surface area contributed by atoms with Crippen LogP contribution in [-0.2, 0) is 4.79 Å². The molecular weight excluding hydrogens is 222 g/mol. The van der Waals surface area contributed by atoms with E-state index in [-0.39, 0.29) is 6.61 Å². The van der Waals surface area contributed by atoms with Crippen molar-refractivity contribution in [1.82, 2.24) is 5.32 Å². The number of hydrogen-bond acceptors (Lipinski definition) is 6. The zero-order chi connectivity index (χ0) is 11.6. The summed E-state index contributed by atoms with van der Waals surface area (Å²) in [6.45, 7) is 0.918. The lowest BCUT2D eigenvalue weighted by atomic mass is 10.0. The summed E-state index contributed by atoms with van der Waals surface area (Å²) in [6.07, 6.45) is -2.44. The molecule has 1 heterocycles. The molecule has 1 amide bonds. The van der Waals surface area contributed by atoms with E-state index < -0.39 is 34.8 Å². The minimum Gasteiger partial charge on any atom is -0.395 e. The Kier molecular flexibility index (Phi) is 4.35. The molecule has 2 unspecified atom stereocenters. The lowest BCUT2D eigenvalue weighted by Crippen LogP contribution is -2.60. The van der Waals surface area contributed by atoms with Crippen molar-refractivity contribution in [2.75, 3.05) is 6.61 Å². The van der Waals surface area contributed by atoms with Crippen LogP contribution in [-0.4, -0.2) is 61.9 Å². The third kappa shape index (κ3) is 2.82. The van der Waals surface area contributed by atoms with Gasteiger partial charge in [-0.1, -0.05) is 0 Å². The predicted molar refractivity (Wildman–Crippen MR) is 54.1 cm³/mol. The van der Waals surface area contributed by atoms with E-state index in [4.69, 9.17) is 5.11 Å². The predicted octanol–water partition coefficient (Wildman–Crippen LogP) is -2.36. The SMILES string of the molecule is CC(=O)NC1[C@H](O)SC(CO)[C@@H](O)[C@@H]1O. The Bertz CT molecular complexity index is 239. The Morgan fingerprint density at radius 3 is 2.40 bits per heavy atom. The van der Waals surface area contributed by atoms with Crippen LogP contribution in [0.1, 0.15) is 6.92 Å². The molecule has 5 N–H and O–H groups in total. The van der Waals surface area contributed by atoms with Gasteiger partial charge in [-0.2, -0.15) is 0 Å². The van der Waals surface area contributed by atoms with E-state index in [1.54, 1.807) is 0 Å². The fourth-order valence-electron chi connectivity index (χ4n) is 1.49. The average molecular weight is 237 g/mol. The zero-order valence-electron chi connectivity index (χ0n) is 8.20. The molecule has 0 bridgehead atoms. The van der Waals surface area contributed by atoms with E-state index in [1.807, 2.05) is 0 Å². The highest BCUT2D eigenvalue weighted by Gasteiger charge is 2.43. The second-order valence-corrected chi connectivity index (χ2v) is 4.82. The number of carbonyl (C=O) groups is 1. The van der Waals surface area contributed by atoms with Crippen LogP contribution < -0.4 is 5.32 Å². The maximum Gasteiger partial charge on any atom is 0.217 e. The second kappa shape index (κ2) is 5.13. The number of amides is 1. The molecule has 1 fully saturated rings. The molecule has 0 aromatic carbocycles. The molecule has 0 aromatic heterocycles. The summed E-state index contributed by atoms with van der Waals surface area (Å²) >= 11 is 0.929. The number of rotatable bonds is 2.